The number of rotatable bonds is 3. The van der Waals surface area contributed by atoms with Crippen LogP contribution >= 0.6 is 0 Å². The summed E-state index contributed by atoms with van der Waals surface area (Å²) in [5.41, 5.74) is 0.844. The number of nitrogens with zero attached hydrogens (tertiary/aromatic N) is 2. The molecular weight excluding hydrogens is 343 g/mol. The summed E-state index contributed by atoms with van der Waals surface area (Å²) >= 11 is 0. The normalized spacial score (nSPS) is 23.3. The third-order valence-corrected chi connectivity index (χ3v) is 7.01. The predicted octanol–water partition coefficient (Wildman–Crippen LogP) is 2.76. The quantitative estimate of drug-likeness (QED) is 0.842. The lowest BCUT2D eigenvalue weighted by molar-refractivity contribution is -0.0952. The molecule has 2 saturated heterocycles. The Labute approximate surface area is 146 Å². The van der Waals surface area contributed by atoms with E-state index in [1.807, 2.05) is 30.3 Å². The van der Waals surface area contributed by atoms with Gasteiger partial charge in [0.05, 0.1) is 12.2 Å². The van der Waals surface area contributed by atoms with Gasteiger partial charge in [-0.2, -0.15) is 4.31 Å². The Morgan fingerprint density at radius 1 is 1.16 bits per heavy atom. The molecule has 1 atom stereocenters. The summed E-state index contributed by atoms with van der Waals surface area (Å²) in [6.07, 6.45) is 3.85. The monoisotopic (exact) mass is 362 g/mol. The van der Waals surface area contributed by atoms with Gasteiger partial charge in [0, 0.05) is 31.4 Å². The van der Waals surface area contributed by atoms with Crippen molar-refractivity contribution in [3.8, 4) is 0 Å². The first kappa shape index (κ1) is 16.6. The Balaban J connectivity index is 1.74. The van der Waals surface area contributed by atoms with Crippen molar-refractivity contribution in [2.24, 2.45) is 5.41 Å². The molecular formula is C18H19FN2O3S. The topological polar surface area (TPSA) is 59.5 Å². The van der Waals surface area contributed by atoms with Crippen LogP contribution in [0, 0.1) is 11.2 Å². The SMILES string of the molecule is O=S(=O)(c1cncc(F)c1)N1CC2(CCOCC2)[C@H]1c1ccccc1. The van der Waals surface area contributed by atoms with Crippen molar-refractivity contribution in [2.75, 3.05) is 19.8 Å². The standard InChI is InChI=1S/C18H19FN2O3S/c19-15-10-16(12-20-11-15)25(22,23)21-13-18(6-8-24-9-7-18)17(21)14-4-2-1-3-5-14/h1-5,10-12,17H,6-9,13H2/t17-/m1/s1. The highest BCUT2D eigenvalue weighted by Crippen LogP contribution is 2.56. The maximum Gasteiger partial charge on any atom is 0.245 e. The van der Waals surface area contributed by atoms with Gasteiger partial charge in [0.25, 0.3) is 0 Å². The number of halogens is 1. The molecule has 3 heterocycles. The Kier molecular flexibility index (Phi) is 4.10. The number of aromatic nitrogens is 1. The molecule has 0 bridgehead atoms. The van der Waals surface area contributed by atoms with Crippen molar-refractivity contribution < 1.29 is 17.5 Å². The summed E-state index contributed by atoms with van der Waals surface area (Å²) in [5, 5.41) is 0. The molecule has 2 fully saturated rings. The highest BCUT2D eigenvalue weighted by molar-refractivity contribution is 7.89. The van der Waals surface area contributed by atoms with E-state index in [9.17, 15) is 12.8 Å². The van der Waals surface area contributed by atoms with E-state index < -0.39 is 15.8 Å². The van der Waals surface area contributed by atoms with Gasteiger partial charge in [0.1, 0.15) is 10.7 Å². The molecule has 4 rings (SSSR count). The molecule has 2 aliphatic rings. The van der Waals surface area contributed by atoms with Crippen LogP contribution in [0.1, 0.15) is 24.4 Å². The summed E-state index contributed by atoms with van der Waals surface area (Å²) in [6, 6.07) is 10.4. The summed E-state index contributed by atoms with van der Waals surface area (Å²) in [7, 11) is -3.81. The van der Waals surface area contributed by atoms with Gasteiger partial charge in [0.2, 0.25) is 10.0 Å². The van der Waals surface area contributed by atoms with E-state index in [1.165, 1.54) is 10.5 Å². The van der Waals surface area contributed by atoms with Crippen molar-refractivity contribution in [3.05, 3.63) is 60.2 Å². The Hall–Kier alpha value is -1.83. The zero-order valence-electron chi connectivity index (χ0n) is 13.6. The van der Waals surface area contributed by atoms with Crippen molar-refractivity contribution in [1.82, 2.24) is 9.29 Å². The molecule has 0 saturated carbocycles. The first-order valence-electron chi connectivity index (χ1n) is 8.28. The van der Waals surface area contributed by atoms with E-state index in [0.717, 1.165) is 30.7 Å². The molecule has 2 aliphatic heterocycles. The number of hydrogen-bond donors (Lipinski definition) is 0. The molecule has 2 aromatic rings. The zero-order valence-corrected chi connectivity index (χ0v) is 14.5. The second-order valence-corrected chi connectivity index (χ2v) is 8.57. The van der Waals surface area contributed by atoms with Crippen molar-refractivity contribution in [2.45, 2.75) is 23.8 Å². The molecule has 0 amide bonds. The summed E-state index contributed by atoms with van der Waals surface area (Å²) < 4.78 is 46.6. The highest BCUT2D eigenvalue weighted by atomic mass is 32.2. The molecule has 1 aromatic carbocycles. The van der Waals surface area contributed by atoms with Crippen LogP contribution < -0.4 is 0 Å². The average Bonchev–Trinajstić information content (AvgIpc) is 2.61. The minimum atomic E-state index is -3.81. The van der Waals surface area contributed by atoms with Crippen molar-refractivity contribution in [3.63, 3.8) is 0 Å². The molecule has 0 radical (unpaired) electrons. The predicted molar refractivity (Wildman–Crippen MR) is 89.8 cm³/mol. The first-order chi connectivity index (χ1) is 12.0. The van der Waals surface area contributed by atoms with Crippen LogP contribution in [0.2, 0.25) is 0 Å². The smallest absolute Gasteiger partial charge is 0.245 e. The highest BCUT2D eigenvalue weighted by Gasteiger charge is 2.57. The lowest BCUT2D eigenvalue weighted by atomic mass is 9.65. The Bertz CT molecular complexity index is 867. The minimum absolute atomic E-state index is 0.102. The molecule has 1 spiro atoms. The van der Waals surface area contributed by atoms with E-state index >= 15 is 0 Å². The van der Waals surface area contributed by atoms with Gasteiger partial charge >= 0.3 is 0 Å². The lowest BCUT2D eigenvalue weighted by Gasteiger charge is -2.58. The van der Waals surface area contributed by atoms with Crippen LogP contribution in [-0.4, -0.2) is 37.5 Å². The van der Waals surface area contributed by atoms with Crippen LogP contribution in [0.5, 0.6) is 0 Å². The van der Waals surface area contributed by atoms with Crippen LogP contribution in [0.4, 0.5) is 4.39 Å². The van der Waals surface area contributed by atoms with Crippen LogP contribution in [0.15, 0.2) is 53.7 Å². The Morgan fingerprint density at radius 2 is 1.88 bits per heavy atom. The molecule has 7 heteroatoms. The fourth-order valence-corrected chi connectivity index (χ4v) is 5.71. The van der Waals surface area contributed by atoms with Crippen molar-refractivity contribution >= 4 is 10.0 Å². The maximum absolute atomic E-state index is 13.5. The van der Waals surface area contributed by atoms with Gasteiger partial charge in [-0.05, 0) is 24.5 Å². The van der Waals surface area contributed by atoms with Gasteiger partial charge in [0.15, 0.2) is 0 Å². The van der Waals surface area contributed by atoms with E-state index in [2.05, 4.69) is 4.98 Å². The number of sulfonamides is 1. The average molecular weight is 362 g/mol. The minimum Gasteiger partial charge on any atom is -0.381 e. The summed E-state index contributed by atoms with van der Waals surface area (Å²) in [6.45, 7) is 1.70. The summed E-state index contributed by atoms with van der Waals surface area (Å²) in [5.74, 6) is -0.654. The zero-order chi connectivity index (χ0) is 17.5. The van der Waals surface area contributed by atoms with Gasteiger partial charge < -0.3 is 4.74 Å². The fraction of sp³-hybridized carbons (Fsp3) is 0.389. The van der Waals surface area contributed by atoms with E-state index in [0.29, 0.717) is 19.8 Å². The number of pyridine rings is 1. The summed E-state index contributed by atoms with van der Waals surface area (Å²) in [4.78, 5) is 3.59. The Morgan fingerprint density at radius 3 is 2.56 bits per heavy atom. The van der Waals surface area contributed by atoms with Gasteiger partial charge in [-0.3, -0.25) is 4.98 Å². The van der Waals surface area contributed by atoms with Gasteiger partial charge in [-0.1, -0.05) is 30.3 Å². The lowest BCUT2D eigenvalue weighted by Crippen LogP contribution is -2.62. The molecule has 0 unspecified atom stereocenters. The molecule has 132 valence electrons. The van der Waals surface area contributed by atoms with Crippen molar-refractivity contribution in [1.29, 1.82) is 0 Å². The molecule has 1 aromatic heterocycles. The molecule has 0 N–H and O–H groups in total. The third-order valence-electron chi connectivity index (χ3n) is 5.23. The van der Waals surface area contributed by atoms with E-state index in [4.69, 9.17) is 4.74 Å². The first-order valence-corrected chi connectivity index (χ1v) is 9.72. The van der Waals surface area contributed by atoms with Crippen LogP contribution in [0.3, 0.4) is 0 Å². The fourth-order valence-electron chi connectivity index (χ4n) is 3.94. The molecule has 0 aliphatic carbocycles. The van der Waals surface area contributed by atoms with Gasteiger partial charge in [-0.25, -0.2) is 12.8 Å². The number of benzene rings is 1. The molecule has 5 nitrogen and oxygen atoms in total. The van der Waals surface area contributed by atoms with Crippen LogP contribution in [0.25, 0.3) is 0 Å². The van der Waals surface area contributed by atoms with Gasteiger partial charge in [-0.15, -0.1) is 0 Å². The second kappa shape index (κ2) is 6.16. The number of ether oxygens (including phenoxy) is 1. The molecule has 25 heavy (non-hydrogen) atoms. The van der Waals surface area contributed by atoms with Crippen LogP contribution in [-0.2, 0) is 14.8 Å². The number of hydrogen-bond acceptors (Lipinski definition) is 4. The largest absolute Gasteiger partial charge is 0.381 e. The van der Waals surface area contributed by atoms with E-state index in [1.54, 1.807) is 0 Å². The van der Waals surface area contributed by atoms with E-state index in [-0.39, 0.29) is 16.4 Å². The second-order valence-electron chi connectivity index (χ2n) is 6.68. The third kappa shape index (κ3) is 2.76. The maximum atomic E-state index is 13.5.